The van der Waals surface area contributed by atoms with E-state index < -0.39 is 15.9 Å². The average Bonchev–Trinajstić information content (AvgIpc) is 3.27. The van der Waals surface area contributed by atoms with Crippen molar-refractivity contribution in [3.63, 3.8) is 0 Å². The lowest BCUT2D eigenvalue weighted by Gasteiger charge is -2.28. The second-order valence-electron chi connectivity index (χ2n) is 7.21. The number of benzene rings is 2. The lowest BCUT2D eigenvalue weighted by Crippen LogP contribution is -2.41. The van der Waals surface area contributed by atoms with Gasteiger partial charge >= 0.3 is 0 Å². The fourth-order valence-electron chi connectivity index (χ4n) is 3.37. The highest BCUT2D eigenvalue weighted by Crippen LogP contribution is 2.34. The van der Waals surface area contributed by atoms with E-state index in [1.54, 1.807) is 24.3 Å². The van der Waals surface area contributed by atoms with Gasteiger partial charge in [-0.2, -0.15) is 0 Å². The minimum atomic E-state index is -3.31. The van der Waals surface area contributed by atoms with Crippen molar-refractivity contribution in [3.8, 4) is 11.5 Å². The smallest absolute Gasteiger partial charge is 0.258 e. The molecule has 0 N–H and O–H groups in total. The molecule has 0 unspecified atom stereocenters. The standard InChI is InChI=1S/C21H21NO5S/c1-14(2)15-3-6-17(7-4-15)22(18-9-10-28(24,25)12-18)21(23)16-5-8-19-20(11-16)27-13-26-19/h3-11,14,18H,12-13H2,1-2H3/t18-/m0/s1. The first-order valence-electron chi connectivity index (χ1n) is 9.08. The third kappa shape index (κ3) is 3.49. The Kier molecular flexibility index (Phi) is 4.63. The van der Waals surface area contributed by atoms with Crippen LogP contribution in [-0.4, -0.2) is 32.9 Å². The molecule has 2 aromatic rings. The Hall–Kier alpha value is -2.80. The van der Waals surface area contributed by atoms with Crippen LogP contribution in [0.2, 0.25) is 0 Å². The fourth-order valence-corrected chi connectivity index (χ4v) is 4.64. The summed E-state index contributed by atoms with van der Waals surface area (Å²) in [5.74, 6) is 1.04. The highest BCUT2D eigenvalue weighted by Gasteiger charge is 2.32. The van der Waals surface area contributed by atoms with E-state index in [1.807, 2.05) is 24.3 Å². The quantitative estimate of drug-likeness (QED) is 0.787. The lowest BCUT2D eigenvalue weighted by molar-refractivity contribution is 0.0982. The molecule has 146 valence electrons. The fraction of sp³-hybridized carbons (Fsp3) is 0.286. The SMILES string of the molecule is CC(C)c1ccc(N(C(=O)c2ccc3c(c2)OCO3)[C@H]2C=CS(=O)(=O)C2)cc1. The number of hydrogen-bond acceptors (Lipinski definition) is 5. The van der Waals surface area contributed by atoms with Crippen molar-refractivity contribution in [2.24, 2.45) is 0 Å². The topological polar surface area (TPSA) is 72.9 Å². The molecule has 2 aliphatic rings. The summed E-state index contributed by atoms with van der Waals surface area (Å²) in [6, 6.07) is 12.1. The predicted octanol–water partition coefficient (Wildman–Crippen LogP) is 3.50. The predicted molar refractivity (Wildman–Crippen MR) is 107 cm³/mol. The number of sulfone groups is 1. The van der Waals surface area contributed by atoms with E-state index >= 15 is 0 Å². The molecular weight excluding hydrogens is 378 g/mol. The maximum atomic E-state index is 13.4. The third-order valence-electron chi connectivity index (χ3n) is 4.92. The zero-order valence-corrected chi connectivity index (χ0v) is 16.5. The van der Waals surface area contributed by atoms with Crippen LogP contribution >= 0.6 is 0 Å². The highest BCUT2D eigenvalue weighted by atomic mass is 32.2. The molecule has 2 aliphatic heterocycles. The van der Waals surface area contributed by atoms with Crippen LogP contribution in [0.3, 0.4) is 0 Å². The number of anilines is 1. The van der Waals surface area contributed by atoms with Crippen LogP contribution in [0.4, 0.5) is 5.69 Å². The Labute approximate surface area is 164 Å². The van der Waals surface area contributed by atoms with Gasteiger partial charge in [-0.3, -0.25) is 4.79 Å². The molecule has 7 heteroatoms. The molecule has 28 heavy (non-hydrogen) atoms. The number of fused-ring (bicyclic) bond motifs is 1. The molecule has 4 rings (SSSR count). The molecule has 2 heterocycles. The second kappa shape index (κ2) is 6.98. The van der Waals surface area contributed by atoms with E-state index in [-0.39, 0.29) is 18.5 Å². The molecule has 2 aromatic carbocycles. The molecule has 0 spiro atoms. The molecule has 1 amide bonds. The number of amides is 1. The summed E-state index contributed by atoms with van der Waals surface area (Å²) in [4.78, 5) is 14.9. The van der Waals surface area contributed by atoms with E-state index in [0.29, 0.717) is 28.7 Å². The molecule has 0 saturated carbocycles. The summed E-state index contributed by atoms with van der Waals surface area (Å²) in [6.45, 7) is 4.31. The molecule has 0 fully saturated rings. The zero-order chi connectivity index (χ0) is 19.9. The van der Waals surface area contributed by atoms with Gasteiger partial charge in [0.05, 0.1) is 11.8 Å². The first kappa shape index (κ1) is 18.6. The Balaban J connectivity index is 1.72. The van der Waals surface area contributed by atoms with E-state index in [4.69, 9.17) is 9.47 Å². The van der Waals surface area contributed by atoms with Gasteiger partial charge in [-0.15, -0.1) is 0 Å². The zero-order valence-electron chi connectivity index (χ0n) is 15.7. The van der Waals surface area contributed by atoms with Crippen molar-refractivity contribution >= 4 is 21.4 Å². The van der Waals surface area contributed by atoms with Crippen LogP contribution in [0.25, 0.3) is 0 Å². The van der Waals surface area contributed by atoms with Gasteiger partial charge in [0, 0.05) is 16.7 Å². The molecule has 6 nitrogen and oxygen atoms in total. The number of ether oxygens (including phenoxy) is 2. The van der Waals surface area contributed by atoms with Gasteiger partial charge in [0.15, 0.2) is 21.3 Å². The van der Waals surface area contributed by atoms with Gasteiger partial charge in [0.25, 0.3) is 5.91 Å². The molecular formula is C21H21NO5S. The summed E-state index contributed by atoms with van der Waals surface area (Å²) in [5, 5.41) is 1.18. The van der Waals surface area contributed by atoms with Crippen molar-refractivity contribution in [1.29, 1.82) is 0 Å². The van der Waals surface area contributed by atoms with Gasteiger partial charge in [-0.25, -0.2) is 8.42 Å². The van der Waals surface area contributed by atoms with Crippen LogP contribution in [0.5, 0.6) is 11.5 Å². The monoisotopic (exact) mass is 399 g/mol. The van der Waals surface area contributed by atoms with Crippen LogP contribution in [0, 0.1) is 0 Å². The Morgan fingerprint density at radius 1 is 1.07 bits per heavy atom. The number of carbonyl (C=O) groups is 1. The van der Waals surface area contributed by atoms with Crippen molar-refractivity contribution in [2.75, 3.05) is 17.4 Å². The van der Waals surface area contributed by atoms with Crippen molar-refractivity contribution in [3.05, 3.63) is 65.1 Å². The second-order valence-corrected chi connectivity index (χ2v) is 9.15. The number of carbonyl (C=O) groups excluding carboxylic acids is 1. The molecule has 0 radical (unpaired) electrons. The first-order valence-corrected chi connectivity index (χ1v) is 10.8. The Bertz CT molecular complexity index is 1040. The number of nitrogens with zero attached hydrogens (tertiary/aromatic N) is 1. The average molecular weight is 399 g/mol. The van der Waals surface area contributed by atoms with Gasteiger partial charge in [0.1, 0.15) is 0 Å². The summed E-state index contributed by atoms with van der Waals surface area (Å²) in [6.07, 6.45) is 1.57. The van der Waals surface area contributed by atoms with Gasteiger partial charge in [0.2, 0.25) is 6.79 Å². The maximum absolute atomic E-state index is 13.4. The van der Waals surface area contributed by atoms with Crippen molar-refractivity contribution < 1.29 is 22.7 Å². The first-order chi connectivity index (χ1) is 13.3. The van der Waals surface area contributed by atoms with Crippen LogP contribution in [0.15, 0.2) is 53.9 Å². The lowest BCUT2D eigenvalue weighted by atomic mass is 10.0. The van der Waals surface area contributed by atoms with Crippen molar-refractivity contribution in [2.45, 2.75) is 25.8 Å². The minimum Gasteiger partial charge on any atom is -0.454 e. The van der Waals surface area contributed by atoms with Crippen LogP contribution in [0.1, 0.15) is 35.7 Å². The van der Waals surface area contributed by atoms with Gasteiger partial charge in [-0.1, -0.05) is 26.0 Å². The largest absolute Gasteiger partial charge is 0.454 e. The maximum Gasteiger partial charge on any atom is 0.258 e. The van der Waals surface area contributed by atoms with Crippen LogP contribution < -0.4 is 14.4 Å². The van der Waals surface area contributed by atoms with Gasteiger partial charge < -0.3 is 14.4 Å². The minimum absolute atomic E-state index is 0.122. The van der Waals surface area contributed by atoms with Crippen LogP contribution in [-0.2, 0) is 9.84 Å². The van der Waals surface area contributed by atoms with E-state index in [1.165, 1.54) is 10.3 Å². The summed E-state index contributed by atoms with van der Waals surface area (Å²) >= 11 is 0. The summed E-state index contributed by atoms with van der Waals surface area (Å²) < 4.78 is 34.6. The highest BCUT2D eigenvalue weighted by molar-refractivity contribution is 7.94. The number of hydrogen-bond donors (Lipinski definition) is 0. The summed E-state index contributed by atoms with van der Waals surface area (Å²) in [5.41, 5.74) is 2.21. The Morgan fingerprint density at radius 3 is 2.43 bits per heavy atom. The molecule has 0 aromatic heterocycles. The molecule has 0 bridgehead atoms. The summed E-state index contributed by atoms with van der Waals surface area (Å²) in [7, 11) is -3.31. The molecule has 0 aliphatic carbocycles. The van der Waals surface area contributed by atoms with E-state index in [9.17, 15) is 13.2 Å². The Morgan fingerprint density at radius 2 is 1.79 bits per heavy atom. The van der Waals surface area contributed by atoms with E-state index in [2.05, 4.69) is 13.8 Å². The normalized spacial score (nSPS) is 19.2. The van der Waals surface area contributed by atoms with Gasteiger partial charge in [-0.05, 0) is 47.9 Å². The molecule has 1 atom stereocenters. The number of rotatable bonds is 4. The molecule has 0 saturated heterocycles. The van der Waals surface area contributed by atoms with E-state index in [0.717, 1.165) is 5.56 Å². The third-order valence-corrected chi connectivity index (χ3v) is 6.30. The van der Waals surface area contributed by atoms with Crippen molar-refractivity contribution in [1.82, 2.24) is 0 Å².